The van der Waals surface area contributed by atoms with Gasteiger partial charge in [0.2, 0.25) is 5.91 Å². The summed E-state index contributed by atoms with van der Waals surface area (Å²) in [5.74, 6) is 0.327. The van der Waals surface area contributed by atoms with Gasteiger partial charge in [0, 0.05) is 24.2 Å². The van der Waals surface area contributed by atoms with Crippen LogP contribution in [0.4, 0.5) is 0 Å². The molecule has 6 heteroatoms. The number of rotatable bonds is 7. The van der Waals surface area contributed by atoms with E-state index >= 15 is 0 Å². The third-order valence-electron chi connectivity index (χ3n) is 6.25. The van der Waals surface area contributed by atoms with Gasteiger partial charge < -0.3 is 11.1 Å². The van der Waals surface area contributed by atoms with Crippen molar-refractivity contribution in [2.75, 3.05) is 13.1 Å². The Kier molecular flexibility index (Phi) is 9.57. The van der Waals surface area contributed by atoms with Gasteiger partial charge in [-0.05, 0) is 68.5 Å². The molecule has 1 amide bonds. The van der Waals surface area contributed by atoms with E-state index in [2.05, 4.69) is 53.5 Å². The summed E-state index contributed by atoms with van der Waals surface area (Å²) in [5, 5.41) is 3.90. The minimum Gasteiger partial charge on any atom is -0.366 e. The van der Waals surface area contributed by atoms with Crippen molar-refractivity contribution in [1.82, 2.24) is 10.2 Å². The number of carbonyl (C=O) groups excluding carboxylic acids is 1. The first-order valence-corrected chi connectivity index (χ1v) is 10.7. The topological polar surface area (TPSA) is 58.4 Å². The summed E-state index contributed by atoms with van der Waals surface area (Å²) in [6.45, 7) is 5.44. The number of amides is 1. The van der Waals surface area contributed by atoms with Crippen LogP contribution in [0.1, 0.15) is 47.7 Å². The minimum absolute atomic E-state index is 0. The number of piperidine rings is 1. The van der Waals surface area contributed by atoms with Crippen LogP contribution in [0.25, 0.3) is 6.08 Å². The Labute approximate surface area is 198 Å². The van der Waals surface area contributed by atoms with Gasteiger partial charge in [-0.3, -0.25) is 9.69 Å². The van der Waals surface area contributed by atoms with Crippen molar-refractivity contribution in [2.24, 2.45) is 11.7 Å². The number of hydrogen-bond acceptors (Lipinski definition) is 3. The van der Waals surface area contributed by atoms with E-state index in [0.717, 1.165) is 19.6 Å². The first-order valence-electron chi connectivity index (χ1n) is 10.7. The van der Waals surface area contributed by atoms with Gasteiger partial charge in [0.05, 0.1) is 0 Å². The van der Waals surface area contributed by atoms with Crippen LogP contribution in [-0.4, -0.2) is 36.0 Å². The molecule has 2 aromatic carbocycles. The van der Waals surface area contributed by atoms with Crippen molar-refractivity contribution in [3.05, 3.63) is 76.9 Å². The molecule has 31 heavy (non-hydrogen) atoms. The molecule has 0 bridgehead atoms. The van der Waals surface area contributed by atoms with Crippen molar-refractivity contribution in [3.8, 4) is 0 Å². The maximum atomic E-state index is 11.2. The zero-order valence-corrected chi connectivity index (χ0v) is 19.6. The van der Waals surface area contributed by atoms with Gasteiger partial charge in [-0.25, -0.2) is 0 Å². The summed E-state index contributed by atoms with van der Waals surface area (Å²) in [5.41, 5.74) is 9.92. The maximum Gasteiger partial charge on any atom is 0.248 e. The van der Waals surface area contributed by atoms with E-state index in [1.165, 1.54) is 36.0 Å². The molecule has 1 aliphatic heterocycles. The van der Waals surface area contributed by atoms with Crippen LogP contribution in [0.5, 0.6) is 0 Å². The van der Waals surface area contributed by atoms with E-state index in [9.17, 15) is 4.79 Å². The van der Waals surface area contributed by atoms with Crippen LogP contribution in [-0.2, 0) is 6.54 Å². The molecule has 1 saturated carbocycles. The van der Waals surface area contributed by atoms with Crippen molar-refractivity contribution < 1.29 is 4.79 Å². The number of primary amides is 1. The van der Waals surface area contributed by atoms with Gasteiger partial charge >= 0.3 is 0 Å². The van der Waals surface area contributed by atoms with Gasteiger partial charge in [0.1, 0.15) is 0 Å². The molecule has 2 aliphatic rings. The Balaban J connectivity index is 0.00000171. The summed E-state index contributed by atoms with van der Waals surface area (Å²) < 4.78 is 0. The number of nitrogens with one attached hydrogen (secondary N) is 1. The molecule has 0 radical (unpaired) electrons. The number of hydrogen-bond donors (Lipinski definition) is 2. The second kappa shape index (κ2) is 11.7. The Morgan fingerprint density at radius 3 is 2.32 bits per heavy atom. The summed E-state index contributed by atoms with van der Waals surface area (Å²) in [7, 11) is 0. The smallest absolute Gasteiger partial charge is 0.248 e. The SMILES string of the molecule is CC(=Cc1ccccc1)C1C[C@@H]1NC1CCN(Cc2ccc(C(N)=O)cc2)CC1.Cl.Cl. The lowest BCUT2D eigenvalue weighted by atomic mass is 10.0. The molecule has 0 spiro atoms. The van der Waals surface area contributed by atoms with Crippen LogP contribution >= 0.6 is 24.8 Å². The van der Waals surface area contributed by atoms with Gasteiger partial charge in [-0.15, -0.1) is 24.8 Å². The highest BCUT2D eigenvalue weighted by Gasteiger charge is 2.39. The number of benzene rings is 2. The average molecular weight is 462 g/mol. The summed E-state index contributed by atoms with van der Waals surface area (Å²) in [6, 6.07) is 19.6. The molecule has 2 atom stereocenters. The zero-order valence-electron chi connectivity index (χ0n) is 18.0. The predicted octanol–water partition coefficient (Wildman–Crippen LogP) is 4.68. The van der Waals surface area contributed by atoms with Crippen LogP contribution in [0, 0.1) is 5.92 Å². The Morgan fingerprint density at radius 2 is 1.71 bits per heavy atom. The number of nitrogens with zero attached hydrogens (tertiary/aromatic N) is 1. The van der Waals surface area contributed by atoms with Gasteiger partial charge in [-0.2, -0.15) is 0 Å². The monoisotopic (exact) mass is 461 g/mol. The minimum atomic E-state index is -0.365. The second-order valence-electron chi connectivity index (χ2n) is 8.53. The molecule has 3 N–H and O–H groups in total. The number of carbonyl (C=O) groups is 1. The molecule has 2 fully saturated rings. The van der Waals surface area contributed by atoms with Crippen molar-refractivity contribution in [1.29, 1.82) is 0 Å². The Bertz CT molecular complexity index is 862. The van der Waals surface area contributed by atoms with Gasteiger partial charge in [0.25, 0.3) is 0 Å². The normalized spacial score (nSPS) is 21.6. The second-order valence-corrected chi connectivity index (χ2v) is 8.53. The lowest BCUT2D eigenvalue weighted by Crippen LogP contribution is -2.43. The summed E-state index contributed by atoms with van der Waals surface area (Å²) in [6.07, 6.45) is 5.99. The molecular weight excluding hydrogens is 429 g/mol. The third kappa shape index (κ3) is 7.08. The first-order chi connectivity index (χ1) is 14.1. The highest BCUT2D eigenvalue weighted by atomic mass is 35.5. The van der Waals surface area contributed by atoms with Crippen LogP contribution in [0.15, 0.2) is 60.2 Å². The van der Waals surface area contributed by atoms with E-state index < -0.39 is 0 Å². The van der Waals surface area contributed by atoms with E-state index in [0.29, 0.717) is 23.6 Å². The van der Waals surface area contributed by atoms with E-state index in [1.807, 2.05) is 24.3 Å². The van der Waals surface area contributed by atoms with Gasteiger partial charge in [-0.1, -0.05) is 54.1 Å². The van der Waals surface area contributed by atoms with Crippen LogP contribution in [0.3, 0.4) is 0 Å². The lowest BCUT2D eigenvalue weighted by Gasteiger charge is -2.32. The summed E-state index contributed by atoms with van der Waals surface area (Å²) in [4.78, 5) is 13.7. The number of halogens is 2. The van der Waals surface area contributed by atoms with Gasteiger partial charge in [0.15, 0.2) is 0 Å². The lowest BCUT2D eigenvalue weighted by molar-refractivity contribution is 0.1000. The Morgan fingerprint density at radius 1 is 1.06 bits per heavy atom. The van der Waals surface area contributed by atoms with Crippen molar-refractivity contribution in [2.45, 2.75) is 44.8 Å². The van der Waals surface area contributed by atoms with Crippen molar-refractivity contribution in [3.63, 3.8) is 0 Å². The maximum absolute atomic E-state index is 11.2. The standard InChI is InChI=1S/C25H31N3O.2ClH/c1-18(15-19-5-3-2-4-6-19)23-16-24(23)27-22-11-13-28(14-12-22)17-20-7-9-21(10-8-20)25(26)29;;/h2-10,15,22-24,27H,11-14,16-17H2,1H3,(H2,26,29);2*1H/t23?,24-;;/m0../s1. The van der Waals surface area contributed by atoms with E-state index in [-0.39, 0.29) is 30.7 Å². The average Bonchev–Trinajstić information content (AvgIpc) is 3.50. The number of nitrogens with two attached hydrogens (primary N) is 1. The molecule has 1 unspecified atom stereocenters. The largest absolute Gasteiger partial charge is 0.366 e. The summed E-state index contributed by atoms with van der Waals surface area (Å²) >= 11 is 0. The molecule has 2 aromatic rings. The number of likely N-dealkylation sites (tertiary alicyclic amines) is 1. The first kappa shape index (κ1) is 25.4. The van der Waals surface area contributed by atoms with Crippen molar-refractivity contribution >= 4 is 36.8 Å². The zero-order chi connectivity index (χ0) is 20.2. The molecule has 4 nitrogen and oxygen atoms in total. The molecular formula is C25H33Cl2N3O. The highest BCUT2D eigenvalue weighted by molar-refractivity contribution is 5.92. The fourth-order valence-corrected chi connectivity index (χ4v) is 4.39. The molecule has 1 heterocycles. The molecule has 1 saturated heterocycles. The van der Waals surface area contributed by atoms with Crippen LogP contribution in [0.2, 0.25) is 0 Å². The predicted molar refractivity (Wildman–Crippen MR) is 133 cm³/mol. The fraction of sp³-hybridized carbons (Fsp3) is 0.400. The van der Waals surface area contributed by atoms with E-state index in [4.69, 9.17) is 5.73 Å². The quantitative estimate of drug-likeness (QED) is 0.629. The Hall–Kier alpha value is -1.85. The van der Waals surface area contributed by atoms with Crippen LogP contribution < -0.4 is 11.1 Å². The molecule has 4 rings (SSSR count). The third-order valence-corrected chi connectivity index (χ3v) is 6.25. The van der Waals surface area contributed by atoms with E-state index in [1.54, 1.807) is 0 Å². The molecule has 1 aliphatic carbocycles. The highest BCUT2D eigenvalue weighted by Crippen LogP contribution is 2.38. The fourth-order valence-electron chi connectivity index (χ4n) is 4.39. The molecule has 0 aromatic heterocycles. The molecule has 168 valence electrons.